The van der Waals surface area contributed by atoms with E-state index in [4.69, 9.17) is 9.84 Å². The fraction of sp³-hybridized carbons (Fsp3) is 0.375. The minimum absolute atomic E-state index is 0.00693. The van der Waals surface area contributed by atoms with Gasteiger partial charge >= 0.3 is 5.97 Å². The molecule has 3 amide bonds. The maximum atomic E-state index is 13.0. The summed E-state index contributed by atoms with van der Waals surface area (Å²) in [6, 6.07) is 0. The number of carbonyl (C=O) groups excluding carboxylic acids is 3. The predicted octanol–water partition coefficient (Wildman–Crippen LogP) is 1.99. The molecule has 0 fully saturated rings. The molecule has 9 nitrogen and oxygen atoms in total. The lowest BCUT2D eigenvalue weighted by molar-refractivity contribution is -0.137. The largest absolute Gasteiger partial charge is 0.481 e. The Morgan fingerprint density at radius 3 is 2.14 bits per heavy atom. The molecule has 0 unspecified atom stereocenters. The lowest BCUT2D eigenvalue weighted by atomic mass is 10.1. The maximum absolute atomic E-state index is 13.0. The summed E-state index contributed by atoms with van der Waals surface area (Å²) in [6.45, 7) is -0.178. The molecule has 0 bridgehead atoms. The van der Waals surface area contributed by atoms with Crippen LogP contribution < -0.4 is 10.6 Å². The van der Waals surface area contributed by atoms with E-state index in [1.54, 1.807) is 0 Å². The second-order valence-corrected chi connectivity index (χ2v) is 8.73. The molecule has 0 saturated carbocycles. The first-order valence-electron chi connectivity index (χ1n) is 7.75. The van der Waals surface area contributed by atoms with Gasteiger partial charge < -0.3 is 25.4 Å². The molecule has 1 rings (SSSR count). The number of rotatable bonds is 8. The number of aliphatic carboxylic acids is 1. The van der Waals surface area contributed by atoms with Crippen molar-refractivity contribution < 1.29 is 29.0 Å². The molecule has 12 heteroatoms. The highest BCUT2D eigenvalue weighted by Gasteiger charge is 2.29. The zero-order valence-corrected chi connectivity index (χ0v) is 21.7. The number of halogens is 3. The van der Waals surface area contributed by atoms with E-state index in [1.165, 1.54) is 26.1 Å². The van der Waals surface area contributed by atoms with Crippen molar-refractivity contribution in [3.63, 3.8) is 0 Å². The van der Waals surface area contributed by atoms with Gasteiger partial charge in [-0.05, 0) is 67.8 Å². The second-order valence-electron chi connectivity index (χ2n) is 5.50. The van der Waals surface area contributed by atoms with Gasteiger partial charge in [0.05, 0.1) is 30.4 Å². The van der Waals surface area contributed by atoms with Crippen LogP contribution in [0.4, 0.5) is 5.69 Å². The zero-order valence-electron chi connectivity index (χ0n) is 15.2. The standard InChI is InChI=1S/C16H18I3N3O6/c1-20-15(26)9-11(17)10(16(27)22(2)5-4-8(24)25)13(19)14(12(9)18)21-7(23)6-28-3/h4-6H2,1-3H3,(H,20,26)(H,21,23)(H,24,25). The molecule has 0 aromatic heterocycles. The van der Waals surface area contributed by atoms with E-state index in [1.807, 2.05) is 67.8 Å². The predicted molar refractivity (Wildman–Crippen MR) is 128 cm³/mol. The van der Waals surface area contributed by atoms with Gasteiger partial charge in [0, 0.05) is 31.3 Å². The van der Waals surface area contributed by atoms with E-state index in [0.717, 1.165) is 0 Å². The van der Waals surface area contributed by atoms with Crippen LogP contribution in [-0.2, 0) is 14.3 Å². The van der Waals surface area contributed by atoms with Gasteiger partial charge in [0.1, 0.15) is 6.61 Å². The smallest absolute Gasteiger partial charge is 0.305 e. The molecular formula is C16H18I3N3O6. The highest BCUT2D eigenvalue weighted by atomic mass is 127. The van der Waals surface area contributed by atoms with Gasteiger partial charge in [-0.25, -0.2) is 0 Å². The van der Waals surface area contributed by atoms with Crippen molar-refractivity contribution in [3.05, 3.63) is 21.8 Å². The second kappa shape index (κ2) is 11.4. The van der Waals surface area contributed by atoms with Crippen molar-refractivity contribution in [1.82, 2.24) is 10.2 Å². The van der Waals surface area contributed by atoms with Crippen LogP contribution in [0.3, 0.4) is 0 Å². The molecule has 3 N–H and O–H groups in total. The Kier molecular flexibility index (Phi) is 10.3. The minimum Gasteiger partial charge on any atom is -0.481 e. The number of nitrogens with one attached hydrogen (secondary N) is 2. The van der Waals surface area contributed by atoms with E-state index in [-0.39, 0.29) is 30.7 Å². The number of anilines is 1. The number of amides is 3. The number of ether oxygens (including phenoxy) is 1. The van der Waals surface area contributed by atoms with E-state index in [2.05, 4.69) is 10.6 Å². The van der Waals surface area contributed by atoms with Crippen LogP contribution in [-0.4, -0.2) is 68.1 Å². The van der Waals surface area contributed by atoms with Gasteiger partial charge in [-0.2, -0.15) is 0 Å². The third kappa shape index (κ3) is 6.12. The molecule has 28 heavy (non-hydrogen) atoms. The number of nitrogens with zero attached hydrogens (tertiary/aromatic N) is 1. The average molecular weight is 729 g/mol. The Labute approximate surface area is 202 Å². The monoisotopic (exact) mass is 729 g/mol. The quantitative estimate of drug-likeness (QED) is 0.352. The molecule has 0 saturated heterocycles. The molecule has 1 aromatic rings. The molecule has 0 aliphatic carbocycles. The van der Waals surface area contributed by atoms with Crippen LogP contribution >= 0.6 is 67.8 Å². The number of benzene rings is 1. The van der Waals surface area contributed by atoms with Crippen molar-refractivity contribution in [2.75, 3.05) is 39.7 Å². The molecule has 0 radical (unpaired) electrons. The SMILES string of the molecule is CNC(=O)c1c(I)c(NC(=O)COC)c(I)c(C(=O)N(C)CCC(=O)O)c1I. The maximum Gasteiger partial charge on any atom is 0.305 e. The summed E-state index contributed by atoms with van der Waals surface area (Å²) in [5.41, 5.74) is 0.810. The summed E-state index contributed by atoms with van der Waals surface area (Å²) in [5, 5.41) is 14.1. The lowest BCUT2D eigenvalue weighted by Crippen LogP contribution is -2.32. The van der Waals surface area contributed by atoms with Crippen molar-refractivity contribution >= 4 is 97.2 Å². The van der Waals surface area contributed by atoms with Crippen LogP contribution in [0.5, 0.6) is 0 Å². The van der Waals surface area contributed by atoms with E-state index in [0.29, 0.717) is 16.4 Å². The minimum atomic E-state index is -1.02. The Hall–Kier alpha value is -0.750. The van der Waals surface area contributed by atoms with Gasteiger partial charge in [-0.3, -0.25) is 19.2 Å². The number of hydrogen-bond donors (Lipinski definition) is 3. The number of carboxylic acid groups (broad SMARTS) is 1. The highest BCUT2D eigenvalue weighted by molar-refractivity contribution is 14.1. The Balaban J connectivity index is 3.57. The molecule has 0 aliphatic heterocycles. The fourth-order valence-corrected chi connectivity index (χ4v) is 6.54. The van der Waals surface area contributed by atoms with Crippen molar-refractivity contribution in [3.8, 4) is 0 Å². The molecule has 154 valence electrons. The fourth-order valence-electron chi connectivity index (χ4n) is 2.15. The summed E-state index contributed by atoms with van der Waals surface area (Å²) >= 11 is 5.80. The number of carboxylic acids is 1. The third-order valence-corrected chi connectivity index (χ3v) is 6.77. The van der Waals surface area contributed by atoms with Crippen LogP contribution in [0, 0.1) is 10.7 Å². The average Bonchev–Trinajstić information content (AvgIpc) is 2.63. The van der Waals surface area contributed by atoms with E-state index >= 15 is 0 Å². The van der Waals surface area contributed by atoms with Crippen LogP contribution in [0.25, 0.3) is 0 Å². The van der Waals surface area contributed by atoms with Crippen LogP contribution in [0.15, 0.2) is 0 Å². The van der Waals surface area contributed by atoms with Crippen molar-refractivity contribution in [2.45, 2.75) is 6.42 Å². The third-order valence-electron chi connectivity index (χ3n) is 3.53. The topological polar surface area (TPSA) is 125 Å². The molecule has 0 aliphatic rings. The van der Waals surface area contributed by atoms with Gasteiger partial charge in [-0.1, -0.05) is 0 Å². The first kappa shape index (κ1) is 25.3. The summed E-state index contributed by atoms with van der Waals surface area (Å²) < 4.78 is 6.18. The molecule has 0 heterocycles. The van der Waals surface area contributed by atoms with Gasteiger partial charge in [-0.15, -0.1) is 0 Å². The molecule has 1 aromatic carbocycles. The Morgan fingerprint density at radius 2 is 1.64 bits per heavy atom. The van der Waals surface area contributed by atoms with Gasteiger partial charge in [0.2, 0.25) is 5.91 Å². The highest BCUT2D eigenvalue weighted by Crippen LogP contribution is 2.36. The summed E-state index contributed by atoms with van der Waals surface area (Å²) in [4.78, 5) is 49.5. The first-order valence-corrected chi connectivity index (χ1v) is 11.0. The Morgan fingerprint density at radius 1 is 1.07 bits per heavy atom. The van der Waals surface area contributed by atoms with Crippen LogP contribution in [0.2, 0.25) is 0 Å². The normalized spacial score (nSPS) is 10.4. The van der Waals surface area contributed by atoms with Gasteiger partial charge in [0.25, 0.3) is 11.8 Å². The lowest BCUT2D eigenvalue weighted by Gasteiger charge is -2.22. The number of carbonyl (C=O) groups is 4. The number of hydrogen-bond acceptors (Lipinski definition) is 5. The van der Waals surface area contributed by atoms with Gasteiger partial charge in [0.15, 0.2) is 0 Å². The summed E-state index contributed by atoms with van der Waals surface area (Å²) in [6.07, 6.45) is -0.209. The summed E-state index contributed by atoms with van der Waals surface area (Å²) in [5.74, 6) is -2.31. The van der Waals surface area contributed by atoms with E-state index in [9.17, 15) is 19.2 Å². The number of methoxy groups -OCH3 is 1. The zero-order chi connectivity index (χ0) is 21.6. The van der Waals surface area contributed by atoms with Crippen molar-refractivity contribution in [2.24, 2.45) is 0 Å². The van der Waals surface area contributed by atoms with Crippen molar-refractivity contribution in [1.29, 1.82) is 0 Å². The summed E-state index contributed by atoms with van der Waals surface area (Å²) in [7, 11) is 4.33. The van der Waals surface area contributed by atoms with E-state index < -0.39 is 23.7 Å². The molecular weight excluding hydrogens is 711 g/mol. The Bertz CT molecular complexity index is 816. The van der Waals surface area contributed by atoms with Crippen LogP contribution in [0.1, 0.15) is 27.1 Å². The molecule has 0 spiro atoms. The molecule has 0 atom stereocenters. The first-order chi connectivity index (χ1) is 13.1.